The van der Waals surface area contributed by atoms with Crippen LogP contribution < -0.4 is 0 Å². The molecule has 0 heterocycles. The van der Waals surface area contributed by atoms with Gasteiger partial charge in [0.15, 0.2) is 0 Å². The predicted molar refractivity (Wildman–Crippen MR) is 105 cm³/mol. The van der Waals surface area contributed by atoms with Crippen molar-refractivity contribution in [3.8, 4) is 0 Å². The van der Waals surface area contributed by atoms with Gasteiger partial charge >= 0.3 is 5.97 Å². The van der Waals surface area contributed by atoms with Crippen molar-refractivity contribution in [1.29, 1.82) is 0 Å². The van der Waals surface area contributed by atoms with Gasteiger partial charge in [0.25, 0.3) is 0 Å². The number of nitrogens with zero attached hydrogens (tertiary/aromatic N) is 1. The van der Waals surface area contributed by atoms with E-state index < -0.39 is 11.4 Å². The van der Waals surface area contributed by atoms with Crippen LogP contribution in [0.1, 0.15) is 105 Å². The van der Waals surface area contributed by atoms with Crippen LogP contribution >= 0.6 is 0 Å². The number of hydrogen-bond donors (Lipinski definition) is 1. The van der Waals surface area contributed by atoms with Crippen LogP contribution in [0.25, 0.3) is 0 Å². The molecule has 0 aromatic rings. The Balaban J connectivity index is 3.98. The first-order chi connectivity index (χ1) is 11.9. The monoisotopic (exact) mass is 355 g/mol. The number of aliphatic carboxylic acids is 1. The molecule has 0 fully saturated rings. The first-order valence-electron chi connectivity index (χ1n) is 10.5. The Bertz CT molecular complexity index is 366. The van der Waals surface area contributed by atoms with E-state index in [4.69, 9.17) is 0 Å². The summed E-state index contributed by atoms with van der Waals surface area (Å²) in [5.74, 6) is -1.23. The van der Waals surface area contributed by atoms with Crippen molar-refractivity contribution in [1.82, 2.24) is 4.90 Å². The summed E-state index contributed by atoms with van der Waals surface area (Å²) in [7, 11) is 0. The molecule has 0 aliphatic heterocycles. The minimum Gasteiger partial charge on any atom is -0.480 e. The van der Waals surface area contributed by atoms with E-state index in [9.17, 15) is 14.7 Å². The largest absolute Gasteiger partial charge is 0.480 e. The lowest BCUT2D eigenvalue weighted by Crippen LogP contribution is -2.46. The standard InChI is InChI=1S/C21H41NO3/c1-5-8-9-10-11-12-13-14-15-16-17-18-21(4,20(24)25)19(23)22(6-2)7-3/h5-18H2,1-4H3,(H,24,25). The predicted octanol–water partition coefficient (Wildman–Crippen LogP) is 5.65. The molecule has 0 saturated heterocycles. The molecule has 0 aliphatic rings. The maximum absolute atomic E-state index is 12.5. The second kappa shape index (κ2) is 14.1. The van der Waals surface area contributed by atoms with Gasteiger partial charge < -0.3 is 10.0 Å². The molecule has 0 aromatic heterocycles. The summed E-state index contributed by atoms with van der Waals surface area (Å²) >= 11 is 0. The van der Waals surface area contributed by atoms with Crippen LogP contribution in [0.4, 0.5) is 0 Å². The highest BCUT2D eigenvalue weighted by Crippen LogP contribution is 2.28. The fraction of sp³-hybridized carbons (Fsp3) is 0.905. The minimum absolute atomic E-state index is 0.239. The molecule has 1 atom stereocenters. The summed E-state index contributed by atoms with van der Waals surface area (Å²) in [6, 6.07) is 0. The van der Waals surface area contributed by atoms with Crippen LogP contribution in [0.5, 0.6) is 0 Å². The van der Waals surface area contributed by atoms with Gasteiger partial charge in [0.1, 0.15) is 5.41 Å². The number of carboxylic acid groups (broad SMARTS) is 1. The van der Waals surface area contributed by atoms with Crippen LogP contribution in [-0.2, 0) is 9.59 Å². The Morgan fingerprint density at radius 2 is 1.16 bits per heavy atom. The zero-order valence-corrected chi connectivity index (χ0v) is 17.1. The van der Waals surface area contributed by atoms with Crippen LogP contribution in [0.2, 0.25) is 0 Å². The average Bonchev–Trinajstić information content (AvgIpc) is 2.60. The molecule has 1 amide bonds. The van der Waals surface area contributed by atoms with Crippen molar-refractivity contribution in [3.63, 3.8) is 0 Å². The SMILES string of the molecule is CCCCCCCCCCCCCC(C)(C(=O)O)C(=O)N(CC)CC. The Kier molecular flexibility index (Phi) is 13.5. The summed E-state index contributed by atoms with van der Waals surface area (Å²) < 4.78 is 0. The van der Waals surface area contributed by atoms with E-state index in [0.717, 1.165) is 19.3 Å². The first kappa shape index (κ1) is 23.9. The zero-order valence-electron chi connectivity index (χ0n) is 17.1. The molecular weight excluding hydrogens is 314 g/mol. The Labute approximate surface area is 155 Å². The molecule has 0 spiro atoms. The van der Waals surface area contributed by atoms with Gasteiger partial charge in [0.2, 0.25) is 5.91 Å². The highest BCUT2D eigenvalue weighted by molar-refractivity contribution is 6.01. The van der Waals surface area contributed by atoms with Gasteiger partial charge in [-0.1, -0.05) is 77.6 Å². The van der Waals surface area contributed by atoms with E-state index in [1.165, 1.54) is 51.4 Å². The number of carbonyl (C=O) groups excluding carboxylic acids is 1. The number of hydrogen-bond acceptors (Lipinski definition) is 2. The molecule has 0 rings (SSSR count). The van der Waals surface area contributed by atoms with E-state index in [1.807, 2.05) is 13.8 Å². The highest BCUT2D eigenvalue weighted by atomic mass is 16.4. The molecule has 148 valence electrons. The number of amides is 1. The molecule has 1 N–H and O–H groups in total. The van der Waals surface area contributed by atoms with E-state index in [2.05, 4.69) is 6.92 Å². The summed E-state index contributed by atoms with van der Waals surface area (Å²) in [6.45, 7) is 8.75. The van der Waals surface area contributed by atoms with Crippen molar-refractivity contribution in [2.75, 3.05) is 13.1 Å². The molecule has 0 radical (unpaired) electrons. The molecule has 1 unspecified atom stereocenters. The molecular formula is C21H41NO3. The molecule has 0 aliphatic carbocycles. The maximum atomic E-state index is 12.5. The lowest BCUT2D eigenvalue weighted by atomic mass is 9.83. The second-order valence-corrected chi connectivity index (χ2v) is 7.40. The lowest BCUT2D eigenvalue weighted by molar-refractivity contribution is -0.160. The van der Waals surface area contributed by atoms with E-state index in [-0.39, 0.29) is 5.91 Å². The quantitative estimate of drug-likeness (QED) is 0.288. The number of unbranched alkanes of at least 4 members (excludes halogenated alkanes) is 10. The van der Waals surface area contributed by atoms with Crippen LogP contribution in [0.3, 0.4) is 0 Å². The summed E-state index contributed by atoms with van der Waals surface area (Å²) in [6.07, 6.45) is 14.0. The third-order valence-corrected chi connectivity index (χ3v) is 5.28. The summed E-state index contributed by atoms with van der Waals surface area (Å²) in [4.78, 5) is 25.8. The van der Waals surface area contributed by atoms with Crippen molar-refractivity contribution in [2.45, 2.75) is 105 Å². The van der Waals surface area contributed by atoms with Crippen LogP contribution in [0.15, 0.2) is 0 Å². The number of carbonyl (C=O) groups is 2. The molecule has 0 aromatic carbocycles. The Hall–Kier alpha value is -1.06. The molecule has 25 heavy (non-hydrogen) atoms. The van der Waals surface area contributed by atoms with Crippen molar-refractivity contribution < 1.29 is 14.7 Å². The maximum Gasteiger partial charge on any atom is 0.318 e. The van der Waals surface area contributed by atoms with Gasteiger partial charge in [0, 0.05) is 13.1 Å². The van der Waals surface area contributed by atoms with Gasteiger partial charge in [0.05, 0.1) is 0 Å². The van der Waals surface area contributed by atoms with Crippen molar-refractivity contribution in [2.24, 2.45) is 5.41 Å². The Morgan fingerprint density at radius 1 is 0.760 bits per heavy atom. The molecule has 4 nitrogen and oxygen atoms in total. The van der Waals surface area contributed by atoms with Gasteiger partial charge in [-0.3, -0.25) is 9.59 Å². The number of rotatable bonds is 16. The smallest absolute Gasteiger partial charge is 0.318 e. The zero-order chi connectivity index (χ0) is 19.1. The van der Waals surface area contributed by atoms with E-state index >= 15 is 0 Å². The summed E-state index contributed by atoms with van der Waals surface area (Å²) in [5.41, 5.74) is -1.27. The van der Waals surface area contributed by atoms with Gasteiger partial charge in [-0.2, -0.15) is 0 Å². The topological polar surface area (TPSA) is 57.6 Å². The van der Waals surface area contributed by atoms with Gasteiger partial charge in [-0.05, 0) is 27.2 Å². The van der Waals surface area contributed by atoms with Gasteiger partial charge in [-0.25, -0.2) is 0 Å². The molecule has 0 saturated carbocycles. The third kappa shape index (κ3) is 9.27. The lowest BCUT2D eigenvalue weighted by Gasteiger charge is -2.30. The van der Waals surface area contributed by atoms with Crippen molar-refractivity contribution in [3.05, 3.63) is 0 Å². The van der Waals surface area contributed by atoms with Crippen molar-refractivity contribution >= 4 is 11.9 Å². The minimum atomic E-state index is -1.27. The van der Waals surface area contributed by atoms with E-state index in [1.54, 1.807) is 11.8 Å². The first-order valence-corrected chi connectivity index (χ1v) is 10.5. The normalized spacial score (nSPS) is 13.4. The van der Waals surface area contributed by atoms with Gasteiger partial charge in [-0.15, -0.1) is 0 Å². The van der Waals surface area contributed by atoms with Crippen LogP contribution in [0, 0.1) is 5.41 Å². The van der Waals surface area contributed by atoms with E-state index in [0.29, 0.717) is 19.5 Å². The summed E-state index contributed by atoms with van der Waals surface area (Å²) in [5, 5.41) is 9.56. The highest BCUT2D eigenvalue weighted by Gasteiger charge is 2.42. The molecule has 0 bridgehead atoms. The fourth-order valence-corrected chi connectivity index (χ4v) is 3.31. The molecule has 4 heteroatoms. The fourth-order valence-electron chi connectivity index (χ4n) is 3.31. The Morgan fingerprint density at radius 3 is 1.52 bits per heavy atom. The average molecular weight is 356 g/mol. The number of carboxylic acids is 1. The van der Waals surface area contributed by atoms with Crippen LogP contribution in [-0.4, -0.2) is 35.0 Å². The second-order valence-electron chi connectivity index (χ2n) is 7.40. The third-order valence-electron chi connectivity index (χ3n) is 5.28.